The van der Waals surface area contributed by atoms with Gasteiger partial charge in [-0.25, -0.2) is 21.6 Å². The lowest BCUT2D eigenvalue weighted by Crippen LogP contribution is -2.40. The first-order valence-corrected chi connectivity index (χ1v) is 11.7. The zero-order valence-corrected chi connectivity index (χ0v) is 17.9. The van der Waals surface area contributed by atoms with Crippen molar-refractivity contribution in [3.63, 3.8) is 0 Å². The molecule has 2 rings (SSSR count). The Bertz CT molecular complexity index is 828. The van der Waals surface area contributed by atoms with Gasteiger partial charge in [-0.1, -0.05) is 13.8 Å². The van der Waals surface area contributed by atoms with Crippen molar-refractivity contribution in [1.82, 2.24) is 13.9 Å². The number of rotatable bonds is 8. The Kier molecular flexibility index (Phi) is 7.04. The molecule has 0 saturated carbocycles. The van der Waals surface area contributed by atoms with E-state index in [1.54, 1.807) is 0 Å². The van der Waals surface area contributed by atoms with Gasteiger partial charge in [0.05, 0.1) is 23.0 Å². The molecule has 1 fully saturated rings. The second-order valence-corrected chi connectivity index (χ2v) is 11.4. The van der Waals surface area contributed by atoms with E-state index < -0.39 is 20.0 Å². The van der Waals surface area contributed by atoms with Gasteiger partial charge in [0.2, 0.25) is 20.0 Å². The van der Waals surface area contributed by atoms with Gasteiger partial charge < -0.3 is 9.64 Å². The van der Waals surface area contributed by atoms with Gasteiger partial charge >= 0.3 is 0 Å². The van der Waals surface area contributed by atoms with Gasteiger partial charge in [-0.15, -0.1) is 0 Å². The van der Waals surface area contributed by atoms with Crippen LogP contribution in [0.2, 0.25) is 0 Å². The maximum atomic E-state index is 12.6. The number of sulfonamides is 2. The summed E-state index contributed by atoms with van der Waals surface area (Å²) in [5, 5.41) is 0. The van der Waals surface area contributed by atoms with Gasteiger partial charge in [-0.3, -0.25) is 0 Å². The van der Waals surface area contributed by atoms with Gasteiger partial charge in [0.1, 0.15) is 0 Å². The molecule has 0 unspecified atom stereocenters. The summed E-state index contributed by atoms with van der Waals surface area (Å²) in [4.78, 5) is 2.12. The first kappa shape index (κ1) is 22.3. The van der Waals surface area contributed by atoms with Crippen LogP contribution < -0.4 is 4.72 Å². The highest BCUT2D eigenvalue weighted by Crippen LogP contribution is 2.20. The van der Waals surface area contributed by atoms with E-state index in [0.29, 0.717) is 26.3 Å². The molecule has 0 aromatic heterocycles. The zero-order valence-electron chi connectivity index (χ0n) is 16.3. The predicted octanol–water partition coefficient (Wildman–Crippen LogP) is 0.574. The van der Waals surface area contributed by atoms with Gasteiger partial charge in [0.25, 0.3) is 0 Å². The van der Waals surface area contributed by atoms with E-state index in [1.807, 2.05) is 32.8 Å². The molecule has 0 spiro atoms. The third-order valence-electron chi connectivity index (χ3n) is 4.23. The number of benzene rings is 1. The fourth-order valence-electron chi connectivity index (χ4n) is 3.01. The Hall–Kier alpha value is -1.04. The summed E-state index contributed by atoms with van der Waals surface area (Å²) in [6.45, 7) is 6.28. The largest absolute Gasteiger partial charge is 0.379 e. The first-order valence-electron chi connectivity index (χ1n) is 8.76. The van der Waals surface area contributed by atoms with Crippen molar-refractivity contribution in [3.05, 3.63) is 24.3 Å². The molecule has 1 saturated heterocycles. The fraction of sp³-hybridized carbons (Fsp3) is 0.647. The number of ether oxygens (including phenoxy) is 1. The van der Waals surface area contributed by atoms with Crippen LogP contribution in [-0.4, -0.2) is 79.5 Å². The molecule has 10 heteroatoms. The monoisotopic (exact) mass is 419 g/mol. The molecular weight excluding hydrogens is 390 g/mol. The van der Waals surface area contributed by atoms with E-state index in [-0.39, 0.29) is 21.8 Å². The van der Waals surface area contributed by atoms with Crippen LogP contribution in [0.25, 0.3) is 0 Å². The topological polar surface area (TPSA) is 96.0 Å². The van der Waals surface area contributed by atoms with E-state index in [0.717, 1.165) is 6.54 Å². The van der Waals surface area contributed by atoms with Gasteiger partial charge in [-0.05, 0) is 43.8 Å². The molecule has 1 N–H and O–H groups in total. The quantitative estimate of drug-likeness (QED) is 0.662. The second kappa shape index (κ2) is 8.54. The molecular formula is C17H29N3O5S2. The van der Waals surface area contributed by atoms with Crippen LogP contribution >= 0.6 is 0 Å². The number of hydrogen-bond acceptors (Lipinski definition) is 6. The Morgan fingerprint density at radius 1 is 1.04 bits per heavy atom. The average molecular weight is 420 g/mol. The molecule has 1 aromatic carbocycles. The lowest BCUT2D eigenvalue weighted by atomic mass is 9.93. The lowest BCUT2D eigenvalue weighted by Gasteiger charge is -2.28. The van der Waals surface area contributed by atoms with E-state index in [9.17, 15) is 16.8 Å². The number of hydrogen-bond donors (Lipinski definition) is 1. The summed E-state index contributed by atoms with van der Waals surface area (Å²) >= 11 is 0. The highest BCUT2D eigenvalue weighted by atomic mass is 32.2. The van der Waals surface area contributed by atoms with E-state index in [1.165, 1.54) is 28.6 Å². The van der Waals surface area contributed by atoms with Crippen molar-refractivity contribution < 1.29 is 21.6 Å². The van der Waals surface area contributed by atoms with Crippen LogP contribution in [-0.2, 0) is 24.8 Å². The Morgan fingerprint density at radius 3 is 2.07 bits per heavy atom. The van der Waals surface area contributed by atoms with Crippen molar-refractivity contribution in [2.24, 2.45) is 5.41 Å². The Labute approximate surface area is 162 Å². The summed E-state index contributed by atoms with van der Waals surface area (Å²) in [5.74, 6) is 0. The first-order chi connectivity index (χ1) is 12.4. The minimum absolute atomic E-state index is 0.0454. The van der Waals surface area contributed by atoms with Crippen LogP contribution in [0.3, 0.4) is 0 Å². The highest BCUT2D eigenvalue weighted by Gasteiger charge is 2.27. The van der Waals surface area contributed by atoms with Gasteiger partial charge in [0, 0.05) is 26.2 Å². The van der Waals surface area contributed by atoms with Crippen molar-refractivity contribution >= 4 is 20.0 Å². The minimum Gasteiger partial charge on any atom is -0.379 e. The van der Waals surface area contributed by atoms with Crippen molar-refractivity contribution in [1.29, 1.82) is 0 Å². The second-order valence-electron chi connectivity index (χ2n) is 7.71. The molecule has 1 heterocycles. The number of morpholine rings is 1. The van der Waals surface area contributed by atoms with Crippen molar-refractivity contribution in [3.8, 4) is 0 Å². The van der Waals surface area contributed by atoms with Gasteiger partial charge in [-0.2, -0.15) is 4.31 Å². The summed E-state index contributed by atoms with van der Waals surface area (Å²) in [7, 11) is -3.49. The predicted molar refractivity (Wildman–Crippen MR) is 104 cm³/mol. The maximum Gasteiger partial charge on any atom is 0.243 e. The minimum atomic E-state index is -3.71. The molecule has 0 amide bonds. The van der Waals surface area contributed by atoms with Crippen molar-refractivity contribution in [2.75, 3.05) is 53.5 Å². The molecule has 0 atom stereocenters. The lowest BCUT2D eigenvalue weighted by molar-refractivity contribution is 0.0730. The summed E-state index contributed by atoms with van der Waals surface area (Å²) in [5.41, 5.74) is -0.240. The normalized spacial score (nSPS) is 17.4. The Balaban J connectivity index is 2.11. The van der Waals surface area contributed by atoms with Crippen LogP contribution in [0.1, 0.15) is 13.8 Å². The van der Waals surface area contributed by atoms with Crippen molar-refractivity contribution in [2.45, 2.75) is 23.6 Å². The van der Waals surface area contributed by atoms with Crippen LogP contribution in [0.5, 0.6) is 0 Å². The smallest absolute Gasteiger partial charge is 0.243 e. The summed E-state index contributed by atoms with van der Waals surface area (Å²) in [6.07, 6.45) is 0. The average Bonchev–Trinajstić information content (AvgIpc) is 2.60. The molecule has 154 valence electrons. The standard InChI is InChI=1S/C17H29N3O5S2/c1-17(2,14-19(3)4)13-18-26(21,22)15-5-7-16(8-6-15)27(23,24)20-9-11-25-12-10-20/h5-8,18H,9-14H2,1-4H3. The third-order valence-corrected chi connectivity index (χ3v) is 7.56. The molecule has 1 aliphatic heterocycles. The van der Waals surface area contributed by atoms with Gasteiger partial charge in [0.15, 0.2) is 0 Å². The highest BCUT2D eigenvalue weighted by molar-refractivity contribution is 7.89. The third kappa shape index (κ3) is 5.97. The summed E-state index contributed by atoms with van der Waals surface area (Å²) in [6, 6.07) is 5.33. The zero-order chi connectivity index (χ0) is 20.3. The van der Waals surface area contributed by atoms with Crippen LogP contribution in [0.4, 0.5) is 0 Å². The SMILES string of the molecule is CN(C)CC(C)(C)CNS(=O)(=O)c1ccc(S(=O)(=O)N2CCOCC2)cc1. The van der Waals surface area contributed by atoms with E-state index >= 15 is 0 Å². The molecule has 8 nitrogen and oxygen atoms in total. The molecule has 27 heavy (non-hydrogen) atoms. The molecule has 0 bridgehead atoms. The molecule has 1 aliphatic rings. The van der Waals surface area contributed by atoms with Crippen LogP contribution in [0.15, 0.2) is 34.1 Å². The molecule has 0 radical (unpaired) electrons. The van der Waals surface area contributed by atoms with E-state index in [4.69, 9.17) is 4.74 Å². The molecule has 0 aliphatic carbocycles. The molecule has 1 aromatic rings. The summed E-state index contributed by atoms with van der Waals surface area (Å²) < 4.78 is 59.4. The fourth-order valence-corrected chi connectivity index (χ4v) is 5.66. The Morgan fingerprint density at radius 2 is 1.56 bits per heavy atom. The maximum absolute atomic E-state index is 12.6. The number of nitrogens with zero attached hydrogens (tertiary/aromatic N) is 2. The number of nitrogens with one attached hydrogen (secondary N) is 1. The van der Waals surface area contributed by atoms with Crippen LogP contribution in [0, 0.1) is 5.41 Å². The van der Waals surface area contributed by atoms with E-state index in [2.05, 4.69) is 4.72 Å².